The van der Waals surface area contributed by atoms with Crippen LogP contribution in [0.4, 0.5) is 5.82 Å². The monoisotopic (exact) mass is 365 g/mol. The van der Waals surface area contributed by atoms with Crippen molar-refractivity contribution >= 4 is 5.82 Å². The second-order valence-electron chi connectivity index (χ2n) is 5.46. The Morgan fingerprint density at radius 2 is 1.74 bits per heavy atom. The molecule has 0 saturated heterocycles. The predicted molar refractivity (Wildman–Crippen MR) is 95.4 cm³/mol. The van der Waals surface area contributed by atoms with Crippen LogP contribution in [0.2, 0.25) is 0 Å². The van der Waals surface area contributed by atoms with Crippen molar-refractivity contribution in [1.82, 2.24) is 30.1 Å². The Morgan fingerprint density at radius 3 is 2.41 bits per heavy atom. The molecule has 0 aliphatic carbocycles. The number of pyridine rings is 1. The molecule has 0 amide bonds. The molecule has 4 rings (SSSR count). The summed E-state index contributed by atoms with van der Waals surface area (Å²) < 4.78 is 17.3. The maximum Gasteiger partial charge on any atom is 0.282 e. The number of benzene rings is 1. The van der Waals surface area contributed by atoms with Crippen LogP contribution in [-0.4, -0.2) is 44.3 Å². The molecule has 0 aliphatic heterocycles. The SMILES string of the molecule is COc1cc(OC)cc(-n2nnc(-c3nc(-c4ccncc4)no3)c2N)c1. The molecule has 0 bridgehead atoms. The molecule has 0 atom stereocenters. The van der Waals surface area contributed by atoms with Crippen LogP contribution in [0, 0.1) is 0 Å². The van der Waals surface area contributed by atoms with Crippen LogP contribution in [0.25, 0.3) is 28.7 Å². The Balaban J connectivity index is 1.72. The van der Waals surface area contributed by atoms with Gasteiger partial charge in [-0.1, -0.05) is 10.4 Å². The maximum atomic E-state index is 6.22. The van der Waals surface area contributed by atoms with Crippen LogP contribution in [0.1, 0.15) is 0 Å². The molecule has 0 spiro atoms. The lowest BCUT2D eigenvalue weighted by Gasteiger charge is -2.08. The molecule has 4 aromatic rings. The zero-order valence-electron chi connectivity index (χ0n) is 14.5. The van der Waals surface area contributed by atoms with Crippen molar-refractivity contribution in [2.75, 3.05) is 20.0 Å². The Kier molecular flexibility index (Phi) is 4.13. The third kappa shape index (κ3) is 3.03. The summed E-state index contributed by atoms with van der Waals surface area (Å²) >= 11 is 0. The van der Waals surface area contributed by atoms with Crippen molar-refractivity contribution in [2.45, 2.75) is 0 Å². The van der Waals surface area contributed by atoms with Crippen molar-refractivity contribution in [3.05, 3.63) is 42.7 Å². The van der Waals surface area contributed by atoms with E-state index >= 15 is 0 Å². The Labute approximate surface area is 153 Å². The van der Waals surface area contributed by atoms with Crippen molar-refractivity contribution in [3.63, 3.8) is 0 Å². The van der Waals surface area contributed by atoms with Crippen LogP contribution in [0.5, 0.6) is 11.5 Å². The van der Waals surface area contributed by atoms with E-state index in [0.29, 0.717) is 23.0 Å². The van der Waals surface area contributed by atoms with Gasteiger partial charge in [-0.25, -0.2) is 0 Å². The molecule has 3 aromatic heterocycles. The van der Waals surface area contributed by atoms with Crippen molar-refractivity contribution < 1.29 is 14.0 Å². The minimum atomic E-state index is 0.167. The largest absolute Gasteiger partial charge is 0.497 e. The highest BCUT2D eigenvalue weighted by Crippen LogP contribution is 2.29. The predicted octanol–water partition coefficient (Wildman–Crippen LogP) is 1.98. The van der Waals surface area contributed by atoms with Gasteiger partial charge in [-0.05, 0) is 12.1 Å². The number of nitrogen functional groups attached to an aromatic ring is 1. The number of hydrogen-bond donors (Lipinski definition) is 1. The summed E-state index contributed by atoms with van der Waals surface area (Å²) in [7, 11) is 3.13. The van der Waals surface area contributed by atoms with Crippen molar-refractivity contribution in [3.8, 4) is 40.2 Å². The van der Waals surface area contributed by atoms with E-state index in [0.717, 1.165) is 5.56 Å². The first kappa shape index (κ1) is 16.5. The molecule has 0 fully saturated rings. The fourth-order valence-corrected chi connectivity index (χ4v) is 2.48. The number of nitrogens with two attached hydrogens (primary N) is 1. The van der Waals surface area contributed by atoms with E-state index in [1.165, 1.54) is 4.68 Å². The number of anilines is 1. The Morgan fingerprint density at radius 1 is 1.04 bits per heavy atom. The number of aromatic nitrogens is 6. The van der Waals surface area contributed by atoms with Gasteiger partial charge in [0.05, 0.1) is 19.9 Å². The fraction of sp³-hybridized carbons (Fsp3) is 0.118. The van der Waals surface area contributed by atoms with Gasteiger partial charge in [-0.15, -0.1) is 5.10 Å². The van der Waals surface area contributed by atoms with Crippen LogP contribution in [-0.2, 0) is 0 Å². The van der Waals surface area contributed by atoms with E-state index < -0.39 is 0 Å². The lowest BCUT2D eigenvalue weighted by molar-refractivity contribution is 0.394. The second-order valence-corrected chi connectivity index (χ2v) is 5.46. The van der Waals surface area contributed by atoms with Gasteiger partial charge in [0.2, 0.25) is 5.82 Å². The lowest BCUT2D eigenvalue weighted by Crippen LogP contribution is -2.03. The number of ether oxygens (including phenoxy) is 2. The molecule has 0 aliphatic rings. The molecule has 2 N–H and O–H groups in total. The van der Waals surface area contributed by atoms with E-state index in [1.807, 2.05) is 0 Å². The van der Waals surface area contributed by atoms with Gasteiger partial charge in [0, 0.05) is 36.2 Å². The lowest BCUT2D eigenvalue weighted by atomic mass is 10.2. The zero-order valence-corrected chi connectivity index (χ0v) is 14.5. The Hall–Kier alpha value is -3.95. The summed E-state index contributed by atoms with van der Waals surface area (Å²) in [6.45, 7) is 0. The highest BCUT2D eigenvalue weighted by Gasteiger charge is 2.20. The molecule has 136 valence electrons. The summed E-state index contributed by atoms with van der Waals surface area (Å²) in [5, 5.41) is 12.1. The molecule has 0 radical (unpaired) electrons. The van der Waals surface area contributed by atoms with Crippen molar-refractivity contribution in [1.29, 1.82) is 0 Å². The van der Waals surface area contributed by atoms with Crippen LogP contribution < -0.4 is 15.2 Å². The second kappa shape index (κ2) is 6.75. The topological polar surface area (TPSA) is 127 Å². The molecule has 27 heavy (non-hydrogen) atoms. The first-order valence-corrected chi connectivity index (χ1v) is 7.88. The minimum Gasteiger partial charge on any atom is -0.497 e. The van der Waals surface area contributed by atoms with Gasteiger partial charge in [-0.3, -0.25) is 4.98 Å². The van der Waals surface area contributed by atoms with Crippen LogP contribution in [0.3, 0.4) is 0 Å². The molecular weight excluding hydrogens is 350 g/mol. The third-order valence-electron chi connectivity index (χ3n) is 3.85. The number of methoxy groups -OCH3 is 2. The van der Waals surface area contributed by atoms with E-state index in [1.54, 1.807) is 56.9 Å². The molecule has 1 aromatic carbocycles. The standard InChI is InChI=1S/C17H15N7O3/c1-25-12-7-11(8-13(9-12)26-2)24-15(18)14(21-23-24)17-20-16(22-27-17)10-3-5-19-6-4-10/h3-9H,18H2,1-2H3. The summed E-state index contributed by atoms with van der Waals surface area (Å²) in [5.41, 5.74) is 7.89. The average molecular weight is 365 g/mol. The molecule has 3 heterocycles. The number of hydrogen-bond acceptors (Lipinski definition) is 9. The quantitative estimate of drug-likeness (QED) is 0.564. The summed E-state index contributed by atoms with van der Waals surface area (Å²) in [6, 6.07) is 8.81. The fourth-order valence-electron chi connectivity index (χ4n) is 2.48. The van der Waals surface area contributed by atoms with Crippen LogP contribution >= 0.6 is 0 Å². The molecule has 0 unspecified atom stereocenters. The van der Waals surface area contributed by atoms with Gasteiger partial charge >= 0.3 is 0 Å². The molecule has 10 nitrogen and oxygen atoms in total. The van der Waals surface area contributed by atoms with Crippen LogP contribution in [0.15, 0.2) is 47.2 Å². The van der Waals surface area contributed by atoms with Gasteiger partial charge in [0.1, 0.15) is 11.5 Å². The highest BCUT2D eigenvalue weighted by molar-refractivity contribution is 5.66. The maximum absolute atomic E-state index is 6.22. The minimum absolute atomic E-state index is 0.167. The molecule has 0 saturated carbocycles. The van der Waals surface area contributed by atoms with Crippen molar-refractivity contribution in [2.24, 2.45) is 0 Å². The average Bonchev–Trinajstić information content (AvgIpc) is 3.35. The first-order chi connectivity index (χ1) is 13.2. The van der Waals surface area contributed by atoms with E-state index in [4.69, 9.17) is 19.7 Å². The molecular formula is C17H15N7O3. The molecule has 10 heteroatoms. The normalized spacial score (nSPS) is 10.7. The summed E-state index contributed by atoms with van der Waals surface area (Å²) in [5.74, 6) is 2.01. The number of rotatable bonds is 5. The van der Waals surface area contributed by atoms with Gasteiger partial charge in [0.15, 0.2) is 11.5 Å². The van der Waals surface area contributed by atoms with Gasteiger partial charge < -0.3 is 19.7 Å². The highest BCUT2D eigenvalue weighted by atomic mass is 16.5. The van der Waals surface area contributed by atoms with E-state index in [-0.39, 0.29) is 17.4 Å². The van der Waals surface area contributed by atoms with Gasteiger partial charge in [0.25, 0.3) is 5.89 Å². The summed E-state index contributed by atoms with van der Waals surface area (Å²) in [6.07, 6.45) is 3.29. The first-order valence-electron chi connectivity index (χ1n) is 7.88. The number of nitrogens with zero attached hydrogens (tertiary/aromatic N) is 6. The van der Waals surface area contributed by atoms with E-state index in [9.17, 15) is 0 Å². The van der Waals surface area contributed by atoms with E-state index in [2.05, 4.69) is 25.4 Å². The summed E-state index contributed by atoms with van der Waals surface area (Å²) in [4.78, 5) is 8.30. The smallest absolute Gasteiger partial charge is 0.282 e. The Bertz CT molecular complexity index is 1050. The zero-order chi connectivity index (χ0) is 18.8. The van der Waals surface area contributed by atoms with Gasteiger partial charge in [-0.2, -0.15) is 9.67 Å². The third-order valence-corrected chi connectivity index (χ3v) is 3.85.